The number of aryl methyl sites for hydroxylation is 2. The molecule has 1 saturated carbocycles. The first-order valence-corrected chi connectivity index (χ1v) is 15.5. The zero-order chi connectivity index (χ0) is 31.1. The van der Waals surface area contributed by atoms with Gasteiger partial charge in [-0.1, -0.05) is 32.1 Å². The van der Waals surface area contributed by atoms with E-state index in [9.17, 15) is 14.7 Å². The molecule has 1 aliphatic carbocycles. The number of amides is 1. The van der Waals surface area contributed by atoms with Crippen LogP contribution in [0.15, 0.2) is 12.1 Å². The van der Waals surface area contributed by atoms with Crippen molar-refractivity contribution in [3.05, 3.63) is 46.0 Å². The fourth-order valence-corrected chi connectivity index (χ4v) is 6.75. The molecule has 2 aromatic heterocycles. The van der Waals surface area contributed by atoms with Crippen molar-refractivity contribution in [3.63, 3.8) is 0 Å². The summed E-state index contributed by atoms with van der Waals surface area (Å²) >= 11 is 0. The van der Waals surface area contributed by atoms with E-state index in [1.165, 1.54) is 38.2 Å². The zero-order valence-corrected chi connectivity index (χ0v) is 26.2. The summed E-state index contributed by atoms with van der Waals surface area (Å²) < 4.78 is 29.1. The molecule has 0 unspecified atom stereocenters. The molecule has 5 rings (SSSR count). The number of halogens is 1. The number of fused-ring (bicyclic) bond motifs is 2. The number of benzene rings is 1. The van der Waals surface area contributed by atoms with Gasteiger partial charge in [0.05, 0.1) is 12.2 Å². The van der Waals surface area contributed by atoms with Crippen molar-refractivity contribution in [3.8, 4) is 16.9 Å². The number of carboxylic acids is 1. The Hall–Kier alpha value is -3.46. The molecule has 0 radical (unpaired) electrons. The van der Waals surface area contributed by atoms with Crippen LogP contribution in [0.2, 0.25) is 0 Å². The van der Waals surface area contributed by atoms with Gasteiger partial charge in [0.1, 0.15) is 11.3 Å². The first kappa shape index (κ1) is 31.0. The number of aromatic nitrogens is 2. The summed E-state index contributed by atoms with van der Waals surface area (Å²) in [4.78, 5) is 31.0. The lowest BCUT2D eigenvalue weighted by molar-refractivity contribution is -0.160. The van der Waals surface area contributed by atoms with Crippen LogP contribution in [0.4, 0.5) is 4.39 Å². The van der Waals surface area contributed by atoms with Gasteiger partial charge in [0.2, 0.25) is 0 Å². The maximum Gasteiger partial charge on any atom is 0.337 e. The van der Waals surface area contributed by atoms with E-state index < -0.39 is 23.5 Å². The van der Waals surface area contributed by atoms with Crippen molar-refractivity contribution in [2.75, 3.05) is 13.2 Å². The fourth-order valence-electron chi connectivity index (χ4n) is 6.75. The molecular formula is C34H44FN3O5. The largest absolute Gasteiger partial charge is 0.490 e. The predicted octanol–water partition coefficient (Wildman–Crippen LogP) is 6.96. The lowest BCUT2D eigenvalue weighted by atomic mass is 9.86. The molecule has 9 heteroatoms. The van der Waals surface area contributed by atoms with Crippen LogP contribution < -0.4 is 10.1 Å². The van der Waals surface area contributed by atoms with Gasteiger partial charge in [-0.2, -0.15) is 0 Å². The maximum atomic E-state index is 15.6. The Kier molecular flexibility index (Phi) is 8.84. The number of nitrogens with zero attached hydrogens (tertiary/aromatic N) is 2. The normalized spacial score (nSPS) is 16.5. The smallest absolute Gasteiger partial charge is 0.337 e. The van der Waals surface area contributed by atoms with Crippen LogP contribution in [-0.2, 0) is 23.0 Å². The molecule has 0 bridgehead atoms. The summed E-state index contributed by atoms with van der Waals surface area (Å²) in [5.41, 5.74) is 3.58. The number of ether oxygens (including phenoxy) is 2. The van der Waals surface area contributed by atoms with E-state index in [1.807, 2.05) is 6.92 Å². The fraction of sp³-hybridized carbons (Fsp3) is 0.559. The van der Waals surface area contributed by atoms with Crippen molar-refractivity contribution in [1.29, 1.82) is 0 Å². The van der Waals surface area contributed by atoms with Gasteiger partial charge in [0.25, 0.3) is 5.91 Å². The van der Waals surface area contributed by atoms with Gasteiger partial charge in [-0.3, -0.25) is 4.79 Å². The lowest BCUT2D eigenvalue weighted by Crippen LogP contribution is -2.28. The number of carbonyl (C=O) groups excluding carboxylic acids is 1. The minimum Gasteiger partial charge on any atom is -0.490 e. The number of rotatable bonds is 8. The Morgan fingerprint density at radius 3 is 2.58 bits per heavy atom. The van der Waals surface area contributed by atoms with E-state index in [2.05, 4.69) is 5.32 Å². The van der Waals surface area contributed by atoms with Crippen molar-refractivity contribution < 1.29 is 28.6 Å². The number of hydrogen-bond donors (Lipinski definition) is 2. The first-order valence-electron chi connectivity index (χ1n) is 15.5. The van der Waals surface area contributed by atoms with E-state index in [0.717, 1.165) is 24.0 Å². The summed E-state index contributed by atoms with van der Waals surface area (Å²) in [6.07, 6.45) is 7.21. The minimum atomic E-state index is -1.37. The second kappa shape index (κ2) is 12.3. The van der Waals surface area contributed by atoms with Gasteiger partial charge < -0.3 is 24.5 Å². The summed E-state index contributed by atoms with van der Waals surface area (Å²) in [7, 11) is 1.78. The van der Waals surface area contributed by atoms with Crippen LogP contribution in [0.5, 0.6) is 5.75 Å². The molecule has 3 heterocycles. The van der Waals surface area contributed by atoms with Gasteiger partial charge in [0, 0.05) is 41.4 Å². The van der Waals surface area contributed by atoms with Crippen LogP contribution >= 0.6 is 0 Å². The average Bonchev–Trinajstić information content (AvgIpc) is 3.29. The molecule has 1 aliphatic heterocycles. The predicted molar refractivity (Wildman–Crippen MR) is 164 cm³/mol. The molecule has 2 aliphatic rings. The SMILES string of the molecule is Cc1nc2c(cc(C(=O)NCCC3CCCCC3)n2C)c(-c2cc(F)c3c(c2C)CCCO3)c1[C@H](OC(C)(C)C)C(=O)O. The highest BCUT2D eigenvalue weighted by molar-refractivity contribution is 6.04. The monoisotopic (exact) mass is 593 g/mol. The Morgan fingerprint density at radius 2 is 1.91 bits per heavy atom. The van der Waals surface area contributed by atoms with E-state index in [0.29, 0.717) is 64.6 Å². The Morgan fingerprint density at radius 1 is 1.19 bits per heavy atom. The first-order chi connectivity index (χ1) is 20.4. The summed E-state index contributed by atoms with van der Waals surface area (Å²) in [6, 6.07) is 3.17. The van der Waals surface area contributed by atoms with Gasteiger partial charge in [-0.15, -0.1) is 0 Å². The molecule has 0 spiro atoms. The molecular weight excluding hydrogens is 549 g/mol. The van der Waals surface area contributed by atoms with Gasteiger partial charge in [-0.25, -0.2) is 14.2 Å². The molecule has 3 aromatic rings. The maximum absolute atomic E-state index is 15.6. The quantitative estimate of drug-likeness (QED) is 0.293. The summed E-state index contributed by atoms with van der Waals surface area (Å²) in [5, 5.41) is 14.1. The van der Waals surface area contributed by atoms with Gasteiger partial charge in [0.15, 0.2) is 17.7 Å². The third-order valence-electron chi connectivity index (χ3n) is 8.86. The molecule has 1 aromatic carbocycles. The van der Waals surface area contributed by atoms with E-state index >= 15 is 4.39 Å². The second-order valence-corrected chi connectivity index (χ2v) is 13.1. The van der Waals surface area contributed by atoms with Gasteiger partial charge in [-0.05, 0) is 83.1 Å². The van der Waals surface area contributed by atoms with Crippen LogP contribution in [0.1, 0.15) is 105 Å². The molecule has 1 amide bonds. The standard InChI is InChI=1S/C34H44FN3O5/c1-19-22-13-10-16-42-29(22)25(35)17-23(19)28-24-18-26(32(39)36-15-14-21-11-8-7-9-12-21)38(6)31(24)37-20(2)27(28)30(33(40)41)43-34(3,4)5/h17-18,21,30H,7-16H2,1-6H3,(H,36,39)(H,40,41)/t30-/m0/s1. The van der Waals surface area contributed by atoms with Crippen molar-refractivity contribution >= 4 is 22.9 Å². The molecule has 232 valence electrons. The van der Waals surface area contributed by atoms with E-state index in [4.69, 9.17) is 14.5 Å². The molecule has 2 N–H and O–H groups in total. The lowest BCUT2D eigenvalue weighted by Gasteiger charge is -2.29. The average molecular weight is 594 g/mol. The second-order valence-electron chi connectivity index (χ2n) is 13.1. The van der Waals surface area contributed by atoms with Crippen LogP contribution in [-0.4, -0.2) is 45.3 Å². The third kappa shape index (κ3) is 6.28. The molecule has 0 saturated heterocycles. The minimum absolute atomic E-state index is 0.219. The summed E-state index contributed by atoms with van der Waals surface area (Å²) in [6.45, 7) is 10.1. The Bertz CT molecular complexity index is 1550. The highest BCUT2D eigenvalue weighted by Gasteiger charge is 2.35. The number of carbonyl (C=O) groups is 2. The van der Waals surface area contributed by atoms with Crippen molar-refractivity contribution in [1.82, 2.24) is 14.9 Å². The zero-order valence-electron chi connectivity index (χ0n) is 26.2. The highest BCUT2D eigenvalue weighted by Crippen LogP contribution is 2.44. The molecule has 1 fully saturated rings. The Labute approximate surface area is 253 Å². The number of hydrogen-bond acceptors (Lipinski definition) is 5. The Balaban J connectivity index is 1.67. The molecule has 8 nitrogen and oxygen atoms in total. The highest BCUT2D eigenvalue weighted by atomic mass is 19.1. The molecule has 1 atom stereocenters. The third-order valence-corrected chi connectivity index (χ3v) is 8.86. The summed E-state index contributed by atoms with van der Waals surface area (Å²) in [5.74, 6) is -0.992. The number of pyridine rings is 1. The van der Waals surface area contributed by atoms with Crippen LogP contribution in [0.3, 0.4) is 0 Å². The topological polar surface area (TPSA) is 103 Å². The van der Waals surface area contributed by atoms with E-state index in [1.54, 1.807) is 45.4 Å². The van der Waals surface area contributed by atoms with E-state index in [-0.39, 0.29) is 11.7 Å². The van der Waals surface area contributed by atoms with Crippen LogP contribution in [0, 0.1) is 25.6 Å². The number of nitrogens with one attached hydrogen (secondary N) is 1. The number of aliphatic carboxylic acids is 1. The van der Waals surface area contributed by atoms with Crippen molar-refractivity contribution in [2.45, 2.75) is 97.7 Å². The van der Waals surface area contributed by atoms with Gasteiger partial charge >= 0.3 is 5.97 Å². The van der Waals surface area contributed by atoms with Crippen LogP contribution in [0.25, 0.3) is 22.2 Å². The molecule has 43 heavy (non-hydrogen) atoms. The van der Waals surface area contributed by atoms with Crippen molar-refractivity contribution in [2.24, 2.45) is 13.0 Å². The number of carboxylic acid groups (broad SMARTS) is 1.